The first-order valence-corrected chi connectivity index (χ1v) is 9.26. The Balaban J connectivity index is 2.18. The van der Waals surface area contributed by atoms with Crippen molar-refractivity contribution in [2.75, 3.05) is 6.54 Å². The van der Waals surface area contributed by atoms with Crippen LogP contribution in [0.1, 0.15) is 23.4 Å². The highest BCUT2D eigenvalue weighted by atomic mass is 79.9. The molecular weight excluding hydrogens is 410 g/mol. The van der Waals surface area contributed by atoms with Gasteiger partial charge in [-0.2, -0.15) is 0 Å². The van der Waals surface area contributed by atoms with E-state index in [0.717, 1.165) is 11.0 Å². The number of rotatable bonds is 4. The van der Waals surface area contributed by atoms with E-state index in [1.54, 1.807) is 11.3 Å². The number of nitrogens with one attached hydrogen (secondary N) is 1. The van der Waals surface area contributed by atoms with Gasteiger partial charge in [-0.3, -0.25) is 0 Å². The van der Waals surface area contributed by atoms with Crippen LogP contribution in [0, 0.1) is 0 Å². The van der Waals surface area contributed by atoms with Gasteiger partial charge in [0.1, 0.15) is 0 Å². The van der Waals surface area contributed by atoms with Gasteiger partial charge < -0.3 is 5.32 Å². The molecule has 3 rings (SSSR count). The first kappa shape index (κ1) is 15.2. The maximum atomic E-state index is 3.65. The number of hydrogen-bond donors (Lipinski definition) is 1. The van der Waals surface area contributed by atoms with Gasteiger partial charge >= 0.3 is 0 Å². The van der Waals surface area contributed by atoms with Crippen LogP contribution in [-0.4, -0.2) is 6.54 Å². The lowest BCUT2D eigenvalue weighted by Gasteiger charge is -2.19. The Morgan fingerprint density at radius 1 is 1.00 bits per heavy atom. The quantitative estimate of drug-likeness (QED) is 0.531. The van der Waals surface area contributed by atoms with Crippen LogP contribution in [0.2, 0.25) is 0 Å². The van der Waals surface area contributed by atoms with Crippen LogP contribution in [0.3, 0.4) is 0 Å². The van der Waals surface area contributed by atoms with Crippen LogP contribution in [0.15, 0.2) is 56.8 Å². The molecule has 0 spiro atoms. The molecule has 1 aromatic heterocycles. The fourth-order valence-corrected chi connectivity index (χ4v) is 4.59. The number of thiophene rings is 1. The molecule has 0 saturated carbocycles. The van der Waals surface area contributed by atoms with Gasteiger partial charge in [0, 0.05) is 9.35 Å². The number of halogens is 2. The van der Waals surface area contributed by atoms with Crippen molar-refractivity contribution in [2.45, 2.75) is 13.0 Å². The van der Waals surface area contributed by atoms with E-state index in [0.29, 0.717) is 0 Å². The van der Waals surface area contributed by atoms with Gasteiger partial charge in [0.05, 0.1) is 9.83 Å². The maximum Gasteiger partial charge on any atom is 0.0702 e. The van der Waals surface area contributed by atoms with Crippen LogP contribution in [0.25, 0.3) is 10.8 Å². The smallest absolute Gasteiger partial charge is 0.0702 e. The predicted molar refractivity (Wildman–Crippen MR) is 99.2 cm³/mol. The Morgan fingerprint density at radius 2 is 1.76 bits per heavy atom. The summed E-state index contributed by atoms with van der Waals surface area (Å²) in [6, 6.07) is 17.4. The molecule has 21 heavy (non-hydrogen) atoms. The highest BCUT2D eigenvalue weighted by Crippen LogP contribution is 2.36. The van der Waals surface area contributed by atoms with Crippen molar-refractivity contribution in [2.24, 2.45) is 0 Å². The number of benzene rings is 2. The minimum atomic E-state index is 0.226. The third-order valence-electron chi connectivity index (χ3n) is 3.50. The summed E-state index contributed by atoms with van der Waals surface area (Å²) < 4.78 is 2.31. The Morgan fingerprint density at radius 3 is 2.43 bits per heavy atom. The molecule has 0 fully saturated rings. The third kappa shape index (κ3) is 3.09. The van der Waals surface area contributed by atoms with Gasteiger partial charge in [0.2, 0.25) is 0 Å². The van der Waals surface area contributed by atoms with Crippen LogP contribution in [0.4, 0.5) is 0 Å². The van der Waals surface area contributed by atoms with Gasteiger partial charge in [-0.1, -0.05) is 53.2 Å². The summed E-state index contributed by atoms with van der Waals surface area (Å²) in [4.78, 5) is 1.33. The second-order valence-electron chi connectivity index (χ2n) is 4.81. The lowest BCUT2D eigenvalue weighted by molar-refractivity contribution is 0.643. The zero-order chi connectivity index (χ0) is 14.8. The van der Waals surface area contributed by atoms with Crippen molar-refractivity contribution in [3.05, 3.63) is 67.2 Å². The van der Waals surface area contributed by atoms with Gasteiger partial charge in [-0.15, -0.1) is 11.3 Å². The average Bonchev–Trinajstić information content (AvgIpc) is 2.92. The lowest BCUT2D eigenvalue weighted by atomic mass is 9.97. The largest absolute Gasteiger partial charge is 0.306 e. The summed E-state index contributed by atoms with van der Waals surface area (Å²) in [6.45, 7) is 3.08. The maximum absolute atomic E-state index is 3.65. The highest BCUT2D eigenvalue weighted by molar-refractivity contribution is 9.11. The molecule has 0 bridgehead atoms. The van der Waals surface area contributed by atoms with E-state index in [-0.39, 0.29) is 6.04 Å². The Labute approximate surface area is 145 Å². The molecule has 108 valence electrons. The molecule has 1 heterocycles. The zero-order valence-electron chi connectivity index (χ0n) is 11.6. The predicted octanol–water partition coefficient (Wildman–Crippen LogP) is 6.13. The van der Waals surface area contributed by atoms with Crippen molar-refractivity contribution in [1.82, 2.24) is 5.32 Å². The molecule has 0 aliphatic heterocycles. The second kappa shape index (κ2) is 6.61. The summed E-state index contributed by atoms with van der Waals surface area (Å²) in [5.41, 5.74) is 1.32. The topological polar surface area (TPSA) is 12.0 Å². The summed E-state index contributed by atoms with van der Waals surface area (Å²) in [5.74, 6) is 0. The average molecular weight is 425 g/mol. The number of hydrogen-bond acceptors (Lipinski definition) is 2. The van der Waals surface area contributed by atoms with Crippen LogP contribution >= 0.6 is 43.2 Å². The standard InChI is InChI=1S/C17H15Br2NS/c1-2-20-17(15-9-10-16(19)21-15)13-7-8-14(18)12-6-4-3-5-11(12)13/h3-10,17,20H,2H2,1H3. The van der Waals surface area contributed by atoms with E-state index in [4.69, 9.17) is 0 Å². The molecule has 0 saturated heterocycles. The molecule has 1 unspecified atom stereocenters. The van der Waals surface area contributed by atoms with E-state index >= 15 is 0 Å². The monoisotopic (exact) mass is 423 g/mol. The van der Waals surface area contributed by atoms with Crippen molar-refractivity contribution in [3.8, 4) is 0 Å². The van der Waals surface area contributed by atoms with Gasteiger partial charge in [0.25, 0.3) is 0 Å². The van der Waals surface area contributed by atoms with Crippen LogP contribution in [-0.2, 0) is 0 Å². The summed E-state index contributed by atoms with van der Waals surface area (Å²) in [7, 11) is 0. The van der Waals surface area contributed by atoms with Crippen LogP contribution in [0.5, 0.6) is 0 Å². The van der Waals surface area contributed by atoms with Crippen molar-refractivity contribution >= 4 is 54.0 Å². The highest BCUT2D eigenvalue weighted by Gasteiger charge is 2.18. The van der Waals surface area contributed by atoms with Crippen molar-refractivity contribution in [3.63, 3.8) is 0 Å². The van der Waals surface area contributed by atoms with E-state index in [1.165, 1.54) is 25.0 Å². The zero-order valence-corrected chi connectivity index (χ0v) is 15.6. The molecule has 3 aromatic rings. The van der Waals surface area contributed by atoms with Crippen LogP contribution < -0.4 is 5.32 Å². The third-order valence-corrected chi connectivity index (χ3v) is 5.88. The minimum Gasteiger partial charge on any atom is -0.306 e. The van der Waals surface area contributed by atoms with Crippen molar-refractivity contribution in [1.29, 1.82) is 0 Å². The first-order valence-electron chi connectivity index (χ1n) is 6.86. The second-order valence-corrected chi connectivity index (χ2v) is 8.16. The van der Waals surface area contributed by atoms with E-state index in [9.17, 15) is 0 Å². The van der Waals surface area contributed by atoms with E-state index in [2.05, 4.69) is 92.6 Å². The summed E-state index contributed by atoms with van der Waals surface area (Å²) >= 11 is 9.01. The molecule has 0 aliphatic rings. The summed E-state index contributed by atoms with van der Waals surface area (Å²) in [5, 5.41) is 6.17. The summed E-state index contributed by atoms with van der Waals surface area (Å²) in [6.07, 6.45) is 0. The van der Waals surface area contributed by atoms with E-state index in [1.807, 2.05) is 0 Å². The SMILES string of the molecule is CCNC(c1ccc(Br)s1)c1ccc(Br)c2ccccc12. The van der Waals surface area contributed by atoms with Gasteiger partial charge in [0.15, 0.2) is 0 Å². The Bertz CT molecular complexity index is 766. The van der Waals surface area contributed by atoms with Gasteiger partial charge in [-0.05, 0) is 57.0 Å². The Kier molecular flexibility index (Phi) is 4.79. The molecule has 4 heteroatoms. The molecule has 0 radical (unpaired) electrons. The molecule has 2 aromatic carbocycles. The lowest BCUT2D eigenvalue weighted by Crippen LogP contribution is -2.21. The van der Waals surface area contributed by atoms with Gasteiger partial charge in [-0.25, -0.2) is 0 Å². The fourth-order valence-electron chi connectivity index (χ4n) is 2.59. The van der Waals surface area contributed by atoms with E-state index < -0.39 is 0 Å². The normalized spacial score (nSPS) is 12.7. The fraction of sp³-hybridized carbons (Fsp3) is 0.176. The molecular formula is C17H15Br2NS. The molecule has 1 nitrogen and oxygen atoms in total. The minimum absolute atomic E-state index is 0.226. The molecule has 1 atom stereocenters. The van der Waals surface area contributed by atoms with Crippen molar-refractivity contribution < 1.29 is 0 Å². The first-order chi connectivity index (χ1) is 10.2. The Hall–Kier alpha value is -0.680. The molecule has 1 N–H and O–H groups in total. The molecule has 0 aliphatic carbocycles. The number of fused-ring (bicyclic) bond motifs is 1. The molecule has 0 amide bonds.